The van der Waals surface area contributed by atoms with E-state index in [9.17, 15) is 0 Å². The number of hydrogen-bond acceptors (Lipinski definition) is 2. The second kappa shape index (κ2) is 5.00. The zero-order valence-electron chi connectivity index (χ0n) is 10.6. The molecule has 0 spiro atoms. The van der Waals surface area contributed by atoms with Crippen LogP contribution in [0, 0.1) is 11.8 Å². The van der Waals surface area contributed by atoms with Gasteiger partial charge in [-0.15, -0.1) is 0 Å². The van der Waals surface area contributed by atoms with Crippen LogP contribution in [0.15, 0.2) is 12.3 Å². The molecule has 0 bridgehead atoms. The Kier molecular flexibility index (Phi) is 3.64. The van der Waals surface area contributed by atoms with E-state index in [1.54, 1.807) is 0 Å². The molecule has 3 heteroatoms. The first kappa shape index (κ1) is 11.6. The first-order valence-electron chi connectivity index (χ1n) is 6.37. The highest BCUT2D eigenvalue weighted by molar-refractivity contribution is 4.99. The zero-order chi connectivity index (χ0) is 11.5. The average molecular weight is 221 g/mol. The molecule has 1 aliphatic rings. The fourth-order valence-electron chi connectivity index (χ4n) is 2.37. The van der Waals surface area contributed by atoms with Crippen LogP contribution in [0.3, 0.4) is 0 Å². The van der Waals surface area contributed by atoms with E-state index in [-0.39, 0.29) is 0 Å². The Labute approximate surface area is 98.2 Å². The van der Waals surface area contributed by atoms with Crippen molar-refractivity contribution in [1.29, 1.82) is 0 Å². The molecule has 0 saturated heterocycles. The zero-order valence-corrected chi connectivity index (χ0v) is 10.6. The lowest BCUT2D eigenvalue weighted by molar-refractivity contribution is 0.169. The predicted molar refractivity (Wildman–Crippen MR) is 66.3 cm³/mol. The van der Waals surface area contributed by atoms with Gasteiger partial charge in [0, 0.05) is 32.3 Å². The van der Waals surface area contributed by atoms with E-state index >= 15 is 0 Å². The van der Waals surface area contributed by atoms with Gasteiger partial charge >= 0.3 is 0 Å². The molecule has 1 aromatic heterocycles. The number of aromatic nitrogens is 2. The van der Waals surface area contributed by atoms with Crippen LogP contribution in [-0.2, 0) is 13.5 Å². The summed E-state index contributed by atoms with van der Waals surface area (Å²) in [4.78, 5) is 0. The minimum atomic E-state index is 0.760. The molecule has 1 saturated carbocycles. The van der Waals surface area contributed by atoms with Gasteiger partial charge < -0.3 is 5.32 Å². The average Bonchev–Trinajstić information content (AvgIpc) is 2.54. The summed E-state index contributed by atoms with van der Waals surface area (Å²) in [5.74, 6) is 1.81. The maximum absolute atomic E-state index is 4.37. The first-order chi connectivity index (χ1) is 7.65. The molecular weight excluding hydrogens is 198 g/mol. The van der Waals surface area contributed by atoms with Crippen molar-refractivity contribution >= 4 is 0 Å². The minimum Gasteiger partial charge on any atom is -0.314 e. The van der Waals surface area contributed by atoms with Crippen molar-refractivity contribution < 1.29 is 0 Å². The van der Waals surface area contributed by atoms with Gasteiger partial charge in [0.25, 0.3) is 0 Å². The van der Waals surface area contributed by atoms with E-state index in [4.69, 9.17) is 0 Å². The molecule has 0 amide bonds. The summed E-state index contributed by atoms with van der Waals surface area (Å²) in [5, 5.41) is 7.98. The summed E-state index contributed by atoms with van der Waals surface area (Å²) in [6, 6.07) is 2.86. The molecule has 0 aliphatic heterocycles. The van der Waals surface area contributed by atoms with Gasteiger partial charge in [-0.3, -0.25) is 4.68 Å². The third-order valence-corrected chi connectivity index (χ3v) is 3.70. The molecule has 0 radical (unpaired) electrons. The Bertz CT molecular complexity index is 324. The Balaban J connectivity index is 1.60. The van der Waals surface area contributed by atoms with E-state index in [2.05, 4.69) is 30.3 Å². The highest BCUT2D eigenvalue weighted by atomic mass is 15.2. The fourth-order valence-corrected chi connectivity index (χ4v) is 2.37. The maximum Gasteiger partial charge on any atom is 0.0637 e. The quantitative estimate of drug-likeness (QED) is 0.824. The fraction of sp³-hybridized carbons (Fsp3) is 0.769. The van der Waals surface area contributed by atoms with Crippen LogP contribution in [0.1, 0.15) is 32.4 Å². The number of nitrogens with one attached hydrogen (secondary N) is 1. The molecule has 2 rings (SSSR count). The van der Waals surface area contributed by atoms with E-state index in [1.165, 1.54) is 18.5 Å². The molecule has 1 aromatic rings. The second-order valence-corrected chi connectivity index (χ2v) is 5.36. The lowest BCUT2D eigenvalue weighted by atomic mass is 9.74. The summed E-state index contributed by atoms with van der Waals surface area (Å²) < 4.78 is 1.87. The third-order valence-electron chi connectivity index (χ3n) is 3.70. The molecule has 1 aliphatic carbocycles. The maximum atomic E-state index is 4.37. The molecule has 1 fully saturated rings. The Morgan fingerprint density at radius 1 is 1.50 bits per heavy atom. The molecule has 1 N–H and O–H groups in total. The van der Waals surface area contributed by atoms with Gasteiger partial charge in [-0.05, 0) is 30.7 Å². The summed E-state index contributed by atoms with van der Waals surface area (Å²) in [5.41, 5.74) is 1.19. The van der Waals surface area contributed by atoms with Crippen LogP contribution >= 0.6 is 0 Å². The van der Waals surface area contributed by atoms with Gasteiger partial charge in [0.2, 0.25) is 0 Å². The monoisotopic (exact) mass is 221 g/mol. The van der Waals surface area contributed by atoms with Crippen LogP contribution in [0.2, 0.25) is 0 Å². The third kappa shape index (κ3) is 2.85. The molecule has 1 heterocycles. The topological polar surface area (TPSA) is 29.9 Å². The lowest BCUT2D eigenvalue weighted by Crippen LogP contribution is -2.43. The van der Waals surface area contributed by atoms with Crippen molar-refractivity contribution in [3.63, 3.8) is 0 Å². The van der Waals surface area contributed by atoms with Crippen molar-refractivity contribution in [2.45, 2.75) is 39.2 Å². The number of nitrogens with zero attached hydrogens (tertiary/aromatic N) is 2. The Morgan fingerprint density at radius 2 is 2.25 bits per heavy atom. The highest BCUT2D eigenvalue weighted by Crippen LogP contribution is 2.33. The van der Waals surface area contributed by atoms with Gasteiger partial charge in [0.1, 0.15) is 0 Å². The van der Waals surface area contributed by atoms with E-state index in [0.717, 1.165) is 30.8 Å². The summed E-state index contributed by atoms with van der Waals surface area (Å²) >= 11 is 0. The van der Waals surface area contributed by atoms with Crippen LogP contribution in [-0.4, -0.2) is 22.4 Å². The second-order valence-electron chi connectivity index (χ2n) is 5.36. The van der Waals surface area contributed by atoms with Gasteiger partial charge in [-0.25, -0.2) is 0 Å². The highest BCUT2D eigenvalue weighted by Gasteiger charge is 2.30. The van der Waals surface area contributed by atoms with Gasteiger partial charge in [0.05, 0.1) is 5.69 Å². The van der Waals surface area contributed by atoms with Gasteiger partial charge in [-0.1, -0.05) is 13.8 Å². The molecule has 90 valence electrons. The number of hydrogen-bond donors (Lipinski definition) is 1. The minimum absolute atomic E-state index is 0.760. The van der Waals surface area contributed by atoms with Crippen LogP contribution < -0.4 is 5.32 Å². The van der Waals surface area contributed by atoms with Crippen molar-refractivity contribution in [1.82, 2.24) is 15.1 Å². The standard InChI is InChI=1S/C13H23N3/c1-10(2)11-8-13(9-11)14-6-4-12-5-7-16(3)15-12/h5,7,10-11,13-14H,4,6,8-9H2,1-3H3. The van der Waals surface area contributed by atoms with Crippen molar-refractivity contribution in [3.8, 4) is 0 Å². The van der Waals surface area contributed by atoms with Crippen molar-refractivity contribution in [2.75, 3.05) is 6.54 Å². The molecule has 3 nitrogen and oxygen atoms in total. The van der Waals surface area contributed by atoms with E-state index in [1.807, 2.05) is 17.9 Å². The Morgan fingerprint density at radius 3 is 2.81 bits per heavy atom. The van der Waals surface area contributed by atoms with Crippen LogP contribution in [0.5, 0.6) is 0 Å². The van der Waals surface area contributed by atoms with E-state index in [0.29, 0.717) is 0 Å². The van der Waals surface area contributed by atoms with Gasteiger partial charge in [0.15, 0.2) is 0 Å². The first-order valence-corrected chi connectivity index (χ1v) is 6.37. The lowest BCUT2D eigenvalue weighted by Gasteiger charge is -2.38. The molecule has 0 unspecified atom stereocenters. The van der Waals surface area contributed by atoms with E-state index < -0.39 is 0 Å². The summed E-state index contributed by atoms with van der Waals surface area (Å²) in [6.07, 6.45) is 5.77. The van der Waals surface area contributed by atoms with Gasteiger partial charge in [-0.2, -0.15) is 5.10 Å². The number of aryl methyl sites for hydroxylation is 1. The predicted octanol–water partition coefficient (Wildman–Crippen LogP) is 1.99. The van der Waals surface area contributed by atoms with Crippen molar-refractivity contribution in [2.24, 2.45) is 18.9 Å². The van der Waals surface area contributed by atoms with Crippen molar-refractivity contribution in [3.05, 3.63) is 18.0 Å². The Hall–Kier alpha value is -0.830. The molecule has 16 heavy (non-hydrogen) atoms. The molecular formula is C13H23N3. The normalized spacial score (nSPS) is 24.8. The number of rotatable bonds is 5. The summed E-state index contributed by atoms with van der Waals surface area (Å²) in [7, 11) is 1.97. The molecule has 0 aromatic carbocycles. The summed E-state index contributed by atoms with van der Waals surface area (Å²) in [6.45, 7) is 5.72. The SMILES string of the molecule is CC(C)C1CC(NCCc2ccn(C)n2)C1. The van der Waals surface area contributed by atoms with Crippen LogP contribution in [0.4, 0.5) is 0 Å². The van der Waals surface area contributed by atoms with Crippen LogP contribution in [0.25, 0.3) is 0 Å². The largest absolute Gasteiger partial charge is 0.314 e. The molecule has 0 atom stereocenters. The smallest absolute Gasteiger partial charge is 0.0637 e.